The maximum atomic E-state index is 12.3. The van der Waals surface area contributed by atoms with Gasteiger partial charge in [-0.25, -0.2) is 0 Å². The Bertz CT molecular complexity index is 839. The maximum absolute atomic E-state index is 12.3. The number of thiophene rings is 1. The number of nitrogens with zero attached hydrogens (tertiary/aromatic N) is 1. The zero-order valence-electron chi connectivity index (χ0n) is 13.5. The molecule has 3 nitrogen and oxygen atoms in total. The molecule has 0 spiro atoms. The molecule has 2 aromatic heterocycles. The van der Waals surface area contributed by atoms with Crippen LogP contribution < -0.4 is 5.32 Å². The van der Waals surface area contributed by atoms with E-state index in [-0.39, 0.29) is 18.3 Å². The van der Waals surface area contributed by atoms with Gasteiger partial charge in [-0.05, 0) is 48.9 Å². The minimum atomic E-state index is 0. The van der Waals surface area contributed by atoms with Crippen molar-refractivity contribution in [1.82, 2.24) is 9.88 Å². The number of carbonyl (C=O) groups excluding carboxylic acids is 1. The van der Waals surface area contributed by atoms with Crippen LogP contribution in [0.25, 0.3) is 10.9 Å². The molecule has 0 fully saturated rings. The average Bonchev–Trinajstić information content (AvgIpc) is 3.18. The van der Waals surface area contributed by atoms with Crippen molar-refractivity contribution in [1.29, 1.82) is 0 Å². The highest BCUT2D eigenvalue weighted by atomic mass is 35.5. The van der Waals surface area contributed by atoms with Crippen molar-refractivity contribution >= 4 is 40.6 Å². The molecule has 5 heteroatoms. The lowest BCUT2D eigenvalue weighted by atomic mass is 10.0. The second kappa shape index (κ2) is 7.51. The molecule has 0 aliphatic carbocycles. The van der Waals surface area contributed by atoms with E-state index in [0.717, 1.165) is 37.9 Å². The van der Waals surface area contributed by atoms with E-state index < -0.39 is 0 Å². The van der Waals surface area contributed by atoms with Gasteiger partial charge in [0.15, 0.2) is 0 Å². The van der Waals surface area contributed by atoms with Crippen LogP contribution in [0.2, 0.25) is 0 Å². The normalized spacial score (nSPS) is 13.8. The van der Waals surface area contributed by atoms with Crippen LogP contribution in [0, 0.1) is 0 Å². The third-order valence-corrected chi connectivity index (χ3v) is 5.45. The summed E-state index contributed by atoms with van der Waals surface area (Å²) in [7, 11) is 0. The number of aromatic nitrogens is 1. The van der Waals surface area contributed by atoms with Gasteiger partial charge < -0.3 is 5.32 Å². The first-order chi connectivity index (χ1) is 11.3. The van der Waals surface area contributed by atoms with E-state index in [1.807, 2.05) is 10.6 Å². The van der Waals surface area contributed by atoms with Crippen molar-refractivity contribution in [2.24, 2.45) is 0 Å². The summed E-state index contributed by atoms with van der Waals surface area (Å²) in [6, 6.07) is 12.6. The fourth-order valence-electron chi connectivity index (χ4n) is 3.54. The topological polar surface area (TPSA) is 34.0 Å². The molecule has 3 heterocycles. The van der Waals surface area contributed by atoms with Crippen LogP contribution >= 0.6 is 23.7 Å². The van der Waals surface area contributed by atoms with Gasteiger partial charge in [0.05, 0.1) is 5.52 Å². The van der Waals surface area contributed by atoms with Gasteiger partial charge in [0, 0.05) is 28.9 Å². The number of benzene rings is 1. The Morgan fingerprint density at radius 1 is 1.12 bits per heavy atom. The number of halogens is 1. The number of hydrogen-bond donors (Lipinski definition) is 1. The molecule has 126 valence electrons. The molecule has 24 heavy (non-hydrogen) atoms. The van der Waals surface area contributed by atoms with E-state index in [1.165, 1.54) is 21.5 Å². The zero-order valence-corrected chi connectivity index (χ0v) is 15.1. The lowest BCUT2D eigenvalue weighted by molar-refractivity contribution is 0.0889. The second-order valence-electron chi connectivity index (χ2n) is 6.03. The summed E-state index contributed by atoms with van der Waals surface area (Å²) < 4.78 is 1.97. The second-order valence-corrected chi connectivity index (χ2v) is 7.06. The Hall–Kier alpha value is -1.62. The number of para-hydroxylation sites is 1. The van der Waals surface area contributed by atoms with Gasteiger partial charge in [-0.2, -0.15) is 0 Å². The molecule has 0 unspecified atom stereocenters. The van der Waals surface area contributed by atoms with E-state index in [2.05, 4.69) is 41.0 Å². The van der Waals surface area contributed by atoms with Crippen LogP contribution in [-0.4, -0.2) is 17.0 Å². The van der Waals surface area contributed by atoms with Gasteiger partial charge >= 0.3 is 0 Å². The highest BCUT2D eigenvalue weighted by Crippen LogP contribution is 2.30. The molecule has 1 aromatic carbocycles. The molecule has 1 aliphatic rings. The summed E-state index contributed by atoms with van der Waals surface area (Å²) in [5.41, 5.74) is 3.67. The van der Waals surface area contributed by atoms with Gasteiger partial charge in [-0.1, -0.05) is 24.3 Å². The standard InChI is InChI=1S/C19H20N2OS.ClH/c22-19-9-3-8-18-16(10-11-20-13-14-5-4-12-23-14)15-6-1-2-7-17(15)21(18)19;/h1-2,4-7,12,20H,3,8-11,13H2;1H. The van der Waals surface area contributed by atoms with Crippen molar-refractivity contribution in [3.8, 4) is 0 Å². The summed E-state index contributed by atoms with van der Waals surface area (Å²) in [5, 5.41) is 6.88. The Balaban J connectivity index is 0.00000169. The van der Waals surface area contributed by atoms with Crippen molar-refractivity contribution < 1.29 is 4.79 Å². The number of nitrogens with one attached hydrogen (secondary N) is 1. The van der Waals surface area contributed by atoms with Gasteiger partial charge in [-0.3, -0.25) is 9.36 Å². The van der Waals surface area contributed by atoms with Crippen molar-refractivity contribution in [2.45, 2.75) is 32.2 Å². The Kier molecular flexibility index (Phi) is 5.39. The van der Waals surface area contributed by atoms with Crippen LogP contribution in [0.1, 0.15) is 33.8 Å². The van der Waals surface area contributed by atoms with Crippen LogP contribution in [0.5, 0.6) is 0 Å². The van der Waals surface area contributed by atoms with E-state index in [0.29, 0.717) is 6.42 Å². The fourth-order valence-corrected chi connectivity index (χ4v) is 4.22. The van der Waals surface area contributed by atoms with Crippen LogP contribution in [-0.2, 0) is 19.4 Å². The quantitative estimate of drug-likeness (QED) is 0.683. The van der Waals surface area contributed by atoms with Gasteiger partial charge in [0.1, 0.15) is 0 Å². The molecular weight excluding hydrogens is 340 g/mol. The zero-order chi connectivity index (χ0) is 15.6. The molecule has 1 aliphatic heterocycles. The molecule has 0 radical (unpaired) electrons. The van der Waals surface area contributed by atoms with E-state index in [1.54, 1.807) is 11.3 Å². The highest BCUT2D eigenvalue weighted by Gasteiger charge is 2.23. The number of carbonyl (C=O) groups is 1. The SMILES string of the molecule is Cl.O=C1CCCc2c(CCNCc3cccs3)c3ccccc3n21. The first kappa shape index (κ1) is 17.2. The summed E-state index contributed by atoms with van der Waals surface area (Å²) >= 11 is 1.79. The third kappa shape index (κ3) is 3.14. The average molecular weight is 361 g/mol. The van der Waals surface area contributed by atoms with E-state index in [9.17, 15) is 4.79 Å². The van der Waals surface area contributed by atoms with Crippen molar-refractivity contribution in [3.63, 3.8) is 0 Å². The number of fused-ring (bicyclic) bond motifs is 3. The van der Waals surface area contributed by atoms with Crippen molar-refractivity contribution in [2.75, 3.05) is 6.54 Å². The lowest BCUT2D eigenvalue weighted by Crippen LogP contribution is -2.21. The van der Waals surface area contributed by atoms with Gasteiger partial charge in [-0.15, -0.1) is 23.7 Å². The van der Waals surface area contributed by atoms with Crippen LogP contribution in [0.15, 0.2) is 41.8 Å². The van der Waals surface area contributed by atoms with Gasteiger partial charge in [0.2, 0.25) is 5.91 Å². The predicted molar refractivity (Wildman–Crippen MR) is 102 cm³/mol. The molecular formula is C19H21ClN2OS. The lowest BCUT2D eigenvalue weighted by Gasteiger charge is -2.16. The predicted octanol–water partition coefficient (Wildman–Crippen LogP) is 4.43. The first-order valence-corrected chi connectivity index (χ1v) is 9.10. The Morgan fingerprint density at radius 2 is 2.00 bits per heavy atom. The first-order valence-electron chi connectivity index (χ1n) is 8.22. The molecule has 0 saturated heterocycles. The number of rotatable bonds is 5. The molecule has 0 bridgehead atoms. The Labute approximate surface area is 152 Å². The minimum Gasteiger partial charge on any atom is -0.312 e. The monoisotopic (exact) mass is 360 g/mol. The summed E-state index contributed by atoms with van der Waals surface area (Å²) in [6.45, 7) is 1.86. The molecule has 0 saturated carbocycles. The van der Waals surface area contributed by atoms with Crippen molar-refractivity contribution in [3.05, 3.63) is 57.9 Å². The Morgan fingerprint density at radius 3 is 2.83 bits per heavy atom. The third-order valence-electron chi connectivity index (χ3n) is 4.57. The summed E-state index contributed by atoms with van der Waals surface area (Å²) in [5.74, 6) is 0.250. The smallest absolute Gasteiger partial charge is 0.231 e. The minimum absolute atomic E-state index is 0. The van der Waals surface area contributed by atoms with Crippen LogP contribution in [0.3, 0.4) is 0 Å². The van der Waals surface area contributed by atoms with E-state index >= 15 is 0 Å². The molecule has 4 rings (SSSR count). The van der Waals surface area contributed by atoms with E-state index in [4.69, 9.17) is 0 Å². The largest absolute Gasteiger partial charge is 0.312 e. The molecule has 0 atom stereocenters. The number of hydrogen-bond acceptors (Lipinski definition) is 3. The molecule has 3 aromatic rings. The fraction of sp³-hybridized carbons (Fsp3) is 0.316. The summed E-state index contributed by atoms with van der Waals surface area (Å²) in [6.07, 6.45) is 3.63. The van der Waals surface area contributed by atoms with Crippen LogP contribution in [0.4, 0.5) is 0 Å². The molecule has 0 amide bonds. The maximum Gasteiger partial charge on any atom is 0.231 e. The van der Waals surface area contributed by atoms with Gasteiger partial charge in [0.25, 0.3) is 0 Å². The molecule has 1 N–H and O–H groups in total. The summed E-state index contributed by atoms with van der Waals surface area (Å²) in [4.78, 5) is 13.7. The highest BCUT2D eigenvalue weighted by molar-refractivity contribution is 7.09.